The van der Waals surface area contributed by atoms with Crippen molar-refractivity contribution in [2.45, 2.75) is 6.42 Å². The van der Waals surface area contributed by atoms with Crippen LogP contribution in [-0.2, 0) is 6.42 Å². The largest absolute Gasteiger partial charge is 0.508 e. The molecule has 0 fully saturated rings. The molecule has 4 heteroatoms. The Hall–Kier alpha value is -2.54. The highest BCUT2D eigenvalue weighted by Crippen LogP contribution is 2.16. The summed E-state index contributed by atoms with van der Waals surface area (Å²) in [7, 11) is 0. The molecule has 0 spiro atoms. The van der Waals surface area contributed by atoms with Crippen LogP contribution in [0.5, 0.6) is 5.75 Å². The number of halogens is 1. The lowest BCUT2D eigenvalue weighted by molar-refractivity contribution is 0.475. The molecule has 2 aromatic carbocycles. The van der Waals surface area contributed by atoms with Gasteiger partial charge in [-0.2, -0.15) is 5.26 Å². The fourth-order valence-corrected chi connectivity index (χ4v) is 1.77. The molecule has 0 heterocycles. The molecular weight excluding hydrogens is 243 g/mol. The molecule has 2 rings (SSSR count). The Morgan fingerprint density at radius 3 is 2.58 bits per heavy atom. The number of nitrogens with zero attached hydrogens (tertiary/aromatic N) is 1. The summed E-state index contributed by atoms with van der Waals surface area (Å²) in [5.74, 6) is -0.178. The minimum atomic E-state index is -0.416. The zero-order chi connectivity index (χ0) is 13.7. The average Bonchev–Trinajstić information content (AvgIpc) is 2.42. The number of phenols is 1. The molecule has 0 bridgehead atoms. The van der Waals surface area contributed by atoms with Gasteiger partial charge in [-0.3, -0.25) is 0 Å². The Kier molecular flexibility index (Phi) is 3.99. The van der Waals surface area contributed by atoms with E-state index >= 15 is 0 Å². The van der Waals surface area contributed by atoms with Crippen LogP contribution >= 0.6 is 0 Å². The van der Waals surface area contributed by atoms with Crippen LogP contribution in [0.4, 0.5) is 10.1 Å². The van der Waals surface area contributed by atoms with E-state index in [-0.39, 0.29) is 5.75 Å². The van der Waals surface area contributed by atoms with Crippen LogP contribution < -0.4 is 5.32 Å². The van der Waals surface area contributed by atoms with Gasteiger partial charge in [-0.05, 0) is 42.3 Å². The highest BCUT2D eigenvalue weighted by atomic mass is 19.1. The molecule has 0 aliphatic rings. The molecular formula is C15H13FN2O. The van der Waals surface area contributed by atoms with E-state index in [1.165, 1.54) is 12.1 Å². The first kappa shape index (κ1) is 12.9. The molecule has 96 valence electrons. The fourth-order valence-electron chi connectivity index (χ4n) is 1.77. The first-order valence-electron chi connectivity index (χ1n) is 5.90. The van der Waals surface area contributed by atoms with E-state index in [9.17, 15) is 4.39 Å². The average molecular weight is 256 g/mol. The summed E-state index contributed by atoms with van der Waals surface area (Å²) >= 11 is 0. The number of phenolic OH excluding ortho intramolecular Hbond substituents is 1. The van der Waals surface area contributed by atoms with Crippen molar-refractivity contribution in [1.29, 1.82) is 5.26 Å². The number of hydrogen-bond donors (Lipinski definition) is 2. The monoisotopic (exact) mass is 256 g/mol. The van der Waals surface area contributed by atoms with Gasteiger partial charge >= 0.3 is 0 Å². The Bertz CT molecular complexity index is 603. The van der Waals surface area contributed by atoms with Crippen LogP contribution in [0.15, 0.2) is 42.5 Å². The Balaban J connectivity index is 1.96. The van der Waals surface area contributed by atoms with Crippen molar-refractivity contribution in [2.24, 2.45) is 0 Å². The minimum absolute atomic E-state index is 0.238. The summed E-state index contributed by atoms with van der Waals surface area (Å²) in [6, 6.07) is 13.0. The van der Waals surface area contributed by atoms with Gasteiger partial charge in [-0.1, -0.05) is 12.1 Å². The molecule has 2 N–H and O–H groups in total. The van der Waals surface area contributed by atoms with Gasteiger partial charge < -0.3 is 10.4 Å². The van der Waals surface area contributed by atoms with Gasteiger partial charge in [0.05, 0.1) is 11.3 Å². The standard InChI is InChI=1S/C15H13FN2O/c16-13-3-6-15(12(9-13)10-17)18-8-7-11-1-4-14(19)5-2-11/h1-6,9,18-19H,7-8H2. The zero-order valence-electron chi connectivity index (χ0n) is 10.2. The SMILES string of the molecule is N#Cc1cc(F)ccc1NCCc1ccc(O)cc1. The zero-order valence-corrected chi connectivity index (χ0v) is 10.2. The number of aromatic hydroxyl groups is 1. The molecule has 0 saturated heterocycles. The fraction of sp³-hybridized carbons (Fsp3) is 0.133. The van der Waals surface area contributed by atoms with Gasteiger partial charge in [0.2, 0.25) is 0 Å². The number of anilines is 1. The predicted octanol–water partition coefficient (Wildman–Crippen LogP) is 3.06. The van der Waals surface area contributed by atoms with Crippen LogP contribution in [0, 0.1) is 17.1 Å². The van der Waals surface area contributed by atoms with Crippen LogP contribution in [0.1, 0.15) is 11.1 Å². The first-order valence-corrected chi connectivity index (χ1v) is 5.90. The van der Waals surface area contributed by atoms with E-state index in [2.05, 4.69) is 5.32 Å². The van der Waals surface area contributed by atoms with Crippen LogP contribution in [-0.4, -0.2) is 11.7 Å². The molecule has 0 atom stereocenters. The lowest BCUT2D eigenvalue weighted by Crippen LogP contribution is -2.06. The van der Waals surface area contributed by atoms with Crippen molar-refractivity contribution in [3.05, 3.63) is 59.4 Å². The number of rotatable bonds is 4. The topological polar surface area (TPSA) is 56.0 Å². The van der Waals surface area contributed by atoms with Crippen molar-refractivity contribution in [3.8, 4) is 11.8 Å². The molecule has 0 saturated carbocycles. The van der Waals surface area contributed by atoms with E-state index in [1.807, 2.05) is 18.2 Å². The van der Waals surface area contributed by atoms with E-state index in [0.717, 1.165) is 12.0 Å². The van der Waals surface area contributed by atoms with Gasteiger partial charge in [0.25, 0.3) is 0 Å². The summed E-state index contributed by atoms with van der Waals surface area (Å²) in [6.07, 6.45) is 0.753. The highest BCUT2D eigenvalue weighted by Gasteiger charge is 2.03. The molecule has 0 unspecified atom stereocenters. The molecule has 0 aromatic heterocycles. The molecule has 0 aliphatic heterocycles. The second-order valence-electron chi connectivity index (χ2n) is 4.14. The summed E-state index contributed by atoms with van der Waals surface area (Å²) in [5, 5.41) is 21.2. The third-order valence-electron chi connectivity index (χ3n) is 2.77. The van der Waals surface area contributed by atoms with Crippen molar-refractivity contribution in [2.75, 3.05) is 11.9 Å². The molecule has 0 radical (unpaired) electrons. The minimum Gasteiger partial charge on any atom is -0.508 e. The third kappa shape index (κ3) is 3.46. The maximum atomic E-state index is 13.0. The van der Waals surface area contributed by atoms with Crippen LogP contribution in [0.3, 0.4) is 0 Å². The number of nitrogens with one attached hydrogen (secondary N) is 1. The van der Waals surface area contributed by atoms with Crippen LogP contribution in [0.2, 0.25) is 0 Å². The quantitative estimate of drug-likeness (QED) is 0.884. The second kappa shape index (κ2) is 5.87. The summed E-state index contributed by atoms with van der Waals surface area (Å²) in [6.45, 7) is 0.630. The Labute approximate surface area is 110 Å². The molecule has 3 nitrogen and oxygen atoms in total. The predicted molar refractivity (Wildman–Crippen MR) is 71.4 cm³/mol. The van der Waals surface area contributed by atoms with Gasteiger partial charge in [0, 0.05) is 6.54 Å². The molecule has 0 amide bonds. The van der Waals surface area contributed by atoms with Gasteiger partial charge in [0.1, 0.15) is 17.6 Å². The van der Waals surface area contributed by atoms with E-state index in [4.69, 9.17) is 10.4 Å². The van der Waals surface area contributed by atoms with Crippen molar-refractivity contribution in [3.63, 3.8) is 0 Å². The Morgan fingerprint density at radius 2 is 1.89 bits per heavy atom. The van der Waals surface area contributed by atoms with Crippen molar-refractivity contribution >= 4 is 5.69 Å². The highest BCUT2D eigenvalue weighted by molar-refractivity contribution is 5.57. The smallest absolute Gasteiger partial charge is 0.124 e. The van der Waals surface area contributed by atoms with E-state index in [0.29, 0.717) is 17.8 Å². The van der Waals surface area contributed by atoms with E-state index < -0.39 is 5.82 Å². The van der Waals surface area contributed by atoms with Gasteiger partial charge in [-0.25, -0.2) is 4.39 Å². The maximum Gasteiger partial charge on any atom is 0.124 e. The third-order valence-corrected chi connectivity index (χ3v) is 2.77. The lowest BCUT2D eigenvalue weighted by Gasteiger charge is -2.08. The number of nitriles is 1. The first-order chi connectivity index (χ1) is 9.19. The Morgan fingerprint density at radius 1 is 1.16 bits per heavy atom. The summed E-state index contributed by atoms with van der Waals surface area (Å²) in [4.78, 5) is 0. The second-order valence-corrected chi connectivity index (χ2v) is 4.14. The van der Waals surface area contributed by atoms with Crippen molar-refractivity contribution in [1.82, 2.24) is 0 Å². The maximum absolute atomic E-state index is 13.0. The molecule has 2 aromatic rings. The van der Waals surface area contributed by atoms with E-state index in [1.54, 1.807) is 18.2 Å². The number of benzene rings is 2. The molecule has 0 aliphatic carbocycles. The summed E-state index contributed by atoms with van der Waals surface area (Å²) < 4.78 is 13.0. The van der Waals surface area contributed by atoms with Gasteiger partial charge in [-0.15, -0.1) is 0 Å². The lowest BCUT2D eigenvalue weighted by atomic mass is 10.1. The van der Waals surface area contributed by atoms with Gasteiger partial charge in [0.15, 0.2) is 0 Å². The van der Waals surface area contributed by atoms with Crippen LogP contribution in [0.25, 0.3) is 0 Å². The molecule has 19 heavy (non-hydrogen) atoms. The normalized spacial score (nSPS) is 9.89. The van der Waals surface area contributed by atoms with Crippen molar-refractivity contribution < 1.29 is 9.50 Å². The number of hydrogen-bond acceptors (Lipinski definition) is 3. The summed E-state index contributed by atoms with van der Waals surface area (Å²) in [5.41, 5.74) is 2.00.